The van der Waals surface area contributed by atoms with E-state index in [2.05, 4.69) is 10.3 Å². The van der Waals surface area contributed by atoms with Crippen molar-refractivity contribution in [1.82, 2.24) is 10.3 Å². The van der Waals surface area contributed by atoms with Gasteiger partial charge in [0.05, 0.1) is 7.11 Å². The fraction of sp³-hybridized carbons (Fsp3) is 0.333. The Bertz CT molecular complexity index is 400. The Kier molecular flexibility index (Phi) is 4.51. The van der Waals surface area contributed by atoms with E-state index in [0.717, 1.165) is 11.3 Å². The summed E-state index contributed by atoms with van der Waals surface area (Å²) < 4.78 is 5.01. The summed E-state index contributed by atoms with van der Waals surface area (Å²) in [5, 5.41) is 2.69. The molecule has 0 radical (unpaired) electrons. The highest BCUT2D eigenvalue weighted by molar-refractivity contribution is 5.73. The summed E-state index contributed by atoms with van der Waals surface area (Å²) >= 11 is 0. The number of aromatic nitrogens is 1. The van der Waals surface area contributed by atoms with Crippen molar-refractivity contribution < 1.29 is 9.53 Å². The van der Waals surface area contributed by atoms with Gasteiger partial charge in [0.1, 0.15) is 0 Å². The SMILES string of the molecule is COc1ccc(C=CCNC(C)=O)c(C)n1. The minimum atomic E-state index is -0.0331. The summed E-state index contributed by atoms with van der Waals surface area (Å²) in [5.74, 6) is 0.575. The first kappa shape index (κ1) is 12.2. The van der Waals surface area contributed by atoms with E-state index in [1.165, 1.54) is 6.92 Å². The molecule has 0 fully saturated rings. The van der Waals surface area contributed by atoms with Crippen LogP contribution in [0.15, 0.2) is 18.2 Å². The van der Waals surface area contributed by atoms with Crippen molar-refractivity contribution in [2.75, 3.05) is 13.7 Å². The number of methoxy groups -OCH3 is 1. The first-order valence-corrected chi connectivity index (χ1v) is 5.06. The standard InChI is InChI=1S/C12H16N2O2/c1-9-11(5-4-8-13-10(2)15)6-7-12(14-9)16-3/h4-7H,8H2,1-3H3,(H,13,15). The van der Waals surface area contributed by atoms with Crippen molar-refractivity contribution in [1.29, 1.82) is 0 Å². The summed E-state index contributed by atoms with van der Waals surface area (Å²) in [6.45, 7) is 3.94. The lowest BCUT2D eigenvalue weighted by Gasteiger charge is -2.03. The number of aryl methyl sites for hydroxylation is 1. The Morgan fingerprint density at radius 2 is 2.31 bits per heavy atom. The molecule has 0 saturated heterocycles. The van der Waals surface area contributed by atoms with Crippen molar-refractivity contribution in [2.24, 2.45) is 0 Å². The molecule has 0 aromatic carbocycles. The fourth-order valence-corrected chi connectivity index (χ4v) is 1.23. The number of carbonyl (C=O) groups excluding carboxylic acids is 1. The van der Waals surface area contributed by atoms with Gasteiger partial charge in [0.15, 0.2) is 0 Å². The first-order valence-electron chi connectivity index (χ1n) is 5.06. The molecule has 0 aliphatic carbocycles. The summed E-state index contributed by atoms with van der Waals surface area (Å²) in [4.78, 5) is 14.9. The number of ether oxygens (including phenoxy) is 1. The number of hydrogen-bond donors (Lipinski definition) is 1. The van der Waals surface area contributed by atoms with Gasteiger partial charge in [-0.05, 0) is 18.6 Å². The predicted molar refractivity (Wildman–Crippen MR) is 63.2 cm³/mol. The van der Waals surface area contributed by atoms with E-state index in [9.17, 15) is 4.79 Å². The summed E-state index contributed by atoms with van der Waals surface area (Å²) in [5.41, 5.74) is 1.92. The lowest BCUT2D eigenvalue weighted by atomic mass is 10.2. The van der Waals surface area contributed by atoms with Gasteiger partial charge in [-0.25, -0.2) is 4.98 Å². The topological polar surface area (TPSA) is 51.2 Å². The van der Waals surface area contributed by atoms with Crippen LogP contribution in [0.2, 0.25) is 0 Å². The maximum atomic E-state index is 10.6. The molecule has 0 aliphatic rings. The minimum absolute atomic E-state index is 0.0331. The maximum absolute atomic E-state index is 10.6. The second-order valence-electron chi connectivity index (χ2n) is 3.37. The normalized spacial score (nSPS) is 10.4. The molecule has 1 N–H and O–H groups in total. The lowest BCUT2D eigenvalue weighted by molar-refractivity contribution is -0.118. The van der Waals surface area contributed by atoms with Crippen LogP contribution in [0.25, 0.3) is 6.08 Å². The molecule has 0 aliphatic heterocycles. The van der Waals surface area contributed by atoms with Gasteiger partial charge in [-0.15, -0.1) is 0 Å². The highest BCUT2D eigenvalue weighted by Gasteiger charge is 1.98. The Labute approximate surface area is 95.3 Å². The van der Waals surface area contributed by atoms with Crippen molar-refractivity contribution >= 4 is 12.0 Å². The van der Waals surface area contributed by atoms with Gasteiger partial charge < -0.3 is 10.1 Å². The number of hydrogen-bond acceptors (Lipinski definition) is 3. The number of carbonyl (C=O) groups is 1. The molecular weight excluding hydrogens is 204 g/mol. The van der Waals surface area contributed by atoms with Gasteiger partial charge in [-0.2, -0.15) is 0 Å². The molecule has 16 heavy (non-hydrogen) atoms. The molecule has 1 rings (SSSR count). The van der Waals surface area contributed by atoms with E-state index >= 15 is 0 Å². The molecular formula is C12H16N2O2. The van der Waals surface area contributed by atoms with Gasteiger partial charge in [-0.3, -0.25) is 4.79 Å². The smallest absolute Gasteiger partial charge is 0.217 e. The van der Waals surface area contributed by atoms with E-state index in [4.69, 9.17) is 4.74 Å². The van der Waals surface area contributed by atoms with Gasteiger partial charge in [0.2, 0.25) is 11.8 Å². The molecule has 0 spiro atoms. The zero-order chi connectivity index (χ0) is 12.0. The molecule has 86 valence electrons. The van der Waals surface area contributed by atoms with Crippen molar-refractivity contribution in [3.8, 4) is 5.88 Å². The van der Waals surface area contributed by atoms with Crippen LogP contribution in [0.3, 0.4) is 0 Å². The summed E-state index contributed by atoms with van der Waals surface area (Å²) in [6.07, 6.45) is 3.82. The second-order valence-corrected chi connectivity index (χ2v) is 3.37. The van der Waals surface area contributed by atoms with Gasteiger partial charge >= 0.3 is 0 Å². The highest BCUT2D eigenvalue weighted by atomic mass is 16.5. The highest BCUT2D eigenvalue weighted by Crippen LogP contribution is 2.12. The van der Waals surface area contributed by atoms with Crippen LogP contribution in [-0.2, 0) is 4.79 Å². The average Bonchev–Trinajstić information content (AvgIpc) is 2.25. The Balaban J connectivity index is 2.63. The second kappa shape index (κ2) is 5.90. The molecule has 1 aromatic rings. The van der Waals surface area contributed by atoms with E-state index in [1.807, 2.05) is 31.2 Å². The number of nitrogens with one attached hydrogen (secondary N) is 1. The van der Waals surface area contributed by atoms with Crippen LogP contribution < -0.4 is 10.1 Å². The van der Waals surface area contributed by atoms with Gasteiger partial charge in [0.25, 0.3) is 0 Å². The van der Waals surface area contributed by atoms with Crippen molar-refractivity contribution in [3.63, 3.8) is 0 Å². The molecule has 4 nitrogen and oxygen atoms in total. The molecule has 0 saturated carbocycles. The zero-order valence-electron chi connectivity index (χ0n) is 9.78. The van der Waals surface area contributed by atoms with E-state index < -0.39 is 0 Å². The Morgan fingerprint density at radius 3 is 2.88 bits per heavy atom. The summed E-state index contributed by atoms with van der Waals surface area (Å²) in [7, 11) is 1.59. The number of rotatable bonds is 4. The van der Waals surface area contributed by atoms with Crippen LogP contribution in [0.5, 0.6) is 5.88 Å². The molecule has 4 heteroatoms. The van der Waals surface area contributed by atoms with E-state index in [-0.39, 0.29) is 5.91 Å². The average molecular weight is 220 g/mol. The first-order chi connectivity index (χ1) is 7.63. The number of amides is 1. The fourth-order valence-electron chi connectivity index (χ4n) is 1.23. The largest absolute Gasteiger partial charge is 0.481 e. The zero-order valence-corrected chi connectivity index (χ0v) is 9.78. The minimum Gasteiger partial charge on any atom is -0.481 e. The monoisotopic (exact) mass is 220 g/mol. The Hall–Kier alpha value is -1.84. The van der Waals surface area contributed by atoms with Crippen LogP contribution in [0, 0.1) is 6.92 Å². The third-order valence-electron chi connectivity index (χ3n) is 2.08. The quantitative estimate of drug-likeness (QED) is 0.837. The molecule has 0 unspecified atom stereocenters. The van der Waals surface area contributed by atoms with E-state index in [0.29, 0.717) is 12.4 Å². The molecule has 1 heterocycles. The Morgan fingerprint density at radius 1 is 1.56 bits per heavy atom. The van der Waals surface area contributed by atoms with Crippen molar-refractivity contribution in [3.05, 3.63) is 29.5 Å². The molecule has 0 atom stereocenters. The van der Waals surface area contributed by atoms with Crippen LogP contribution >= 0.6 is 0 Å². The van der Waals surface area contributed by atoms with Crippen LogP contribution in [-0.4, -0.2) is 24.5 Å². The third-order valence-corrected chi connectivity index (χ3v) is 2.08. The van der Waals surface area contributed by atoms with Crippen molar-refractivity contribution in [2.45, 2.75) is 13.8 Å². The predicted octanol–water partition coefficient (Wildman–Crippen LogP) is 1.55. The number of nitrogens with zero attached hydrogens (tertiary/aromatic N) is 1. The van der Waals surface area contributed by atoms with Crippen LogP contribution in [0.4, 0.5) is 0 Å². The maximum Gasteiger partial charge on any atom is 0.217 e. The lowest BCUT2D eigenvalue weighted by Crippen LogP contribution is -2.19. The molecule has 1 amide bonds. The molecule has 0 bridgehead atoms. The van der Waals surface area contributed by atoms with Crippen LogP contribution in [0.1, 0.15) is 18.2 Å². The van der Waals surface area contributed by atoms with Gasteiger partial charge in [-0.1, -0.05) is 12.2 Å². The summed E-state index contributed by atoms with van der Waals surface area (Å²) in [6, 6.07) is 3.75. The van der Waals surface area contributed by atoms with Gasteiger partial charge in [0, 0.05) is 25.2 Å². The number of pyridine rings is 1. The molecule has 1 aromatic heterocycles. The third kappa shape index (κ3) is 3.73. The van der Waals surface area contributed by atoms with E-state index in [1.54, 1.807) is 7.11 Å².